The van der Waals surface area contributed by atoms with Crippen LogP contribution < -0.4 is 0 Å². The highest BCUT2D eigenvalue weighted by Gasteiger charge is 2.48. The Kier molecular flexibility index (Phi) is 11.3. The summed E-state index contributed by atoms with van der Waals surface area (Å²) in [4.78, 5) is 19.3. The van der Waals surface area contributed by atoms with Gasteiger partial charge in [0, 0.05) is 29.1 Å². The molecule has 0 aromatic heterocycles. The van der Waals surface area contributed by atoms with Gasteiger partial charge in [-0.3, -0.25) is 14.7 Å². The normalized spacial score (nSPS) is 21.0. The third kappa shape index (κ3) is 8.43. The fourth-order valence-corrected chi connectivity index (χ4v) is 8.07. The Bertz CT molecular complexity index is 1480. The predicted molar refractivity (Wildman–Crippen MR) is 193 cm³/mol. The highest BCUT2D eigenvalue weighted by atomic mass is 35.5. The number of halogens is 2. The molecule has 1 unspecified atom stereocenters. The molecule has 1 N–H and O–H groups in total. The van der Waals surface area contributed by atoms with Gasteiger partial charge in [-0.2, -0.15) is 0 Å². The Labute approximate surface area is 286 Å². The second kappa shape index (κ2) is 15.0. The Balaban J connectivity index is 1.43. The number of carboxylic acid groups (broad SMARTS) is 1. The van der Waals surface area contributed by atoms with E-state index in [1.807, 2.05) is 12.1 Å². The van der Waals surface area contributed by atoms with Crippen molar-refractivity contribution >= 4 is 34.9 Å². The van der Waals surface area contributed by atoms with Gasteiger partial charge in [-0.05, 0) is 109 Å². The van der Waals surface area contributed by atoms with E-state index in [0.717, 1.165) is 62.6 Å². The molecule has 246 valence electrons. The first-order valence-corrected chi connectivity index (χ1v) is 18.0. The highest BCUT2D eigenvalue weighted by Crippen LogP contribution is 2.49. The number of nitrogens with zero attached hydrogens (tertiary/aromatic N) is 2. The molecule has 6 heteroatoms. The lowest BCUT2D eigenvalue weighted by molar-refractivity contribution is -0.137. The van der Waals surface area contributed by atoms with E-state index in [4.69, 9.17) is 33.3 Å². The number of carboxylic acids is 1. The van der Waals surface area contributed by atoms with Crippen molar-refractivity contribution in [2.45, 2.75) is 110 Å². The number of rotatable bonds is 12. The molecule has 2 aliphatic rings. The van der Waals surface area contributed by atoms with Crippen LogP contribution in [-0.2, 0) is 11.2 Å². The van der Waals surface area contributed by atoms with Crippen LogP contribution in [0.1, 0.15) is 115 Å². The van der Waals surface area contributed by atoms with Crippen LogP contribution in [0.4, 0.5) is 0 Å². The van der Waals surface area contributed by atoms with Crippen LogP contribution in [-0.4, -0.2) is 33.9 Å². The van der Waals surface area contributed by atoms with Crippen LogP contribution in [0.3, 0.4) is 0 Å². The Morgan fingerprint density at radius 2 is 1.54 bits per heavy atom. The molecule has 3 aromatic rings. The maximum atomic E-state index is 10.9. The average Bonchev–Trinajstić information content (AvgIpc) is 3.37. The molecule has 0 bridgehead atoms. The van der Waals surface area contributed by atoms with Gasteiger partial charge in [0.25, 0.3) is 0 Å². The van der Waals surface area contributed by atoms with Gasteiger partial charge in [-0.25, -0.2) is 0 Å². The number of benzene rings is 3. The Morgan fingerprint density at radius 1 is 0.913 bits per heavy atom. The fourth-order valence-electron chi connectivity index (χ4n) is 7.55. The summed E-state index contributed by atoms with van der Waals surface area (Å²) < 4.78 is 0. The Morgan fingerprint density at radius 3 is 2.13 bits per heavy atom. The first-order valence-electron chi connectivity index (χ1n) is 17.2. The van der Waals surface area contributed by atoms with E-state index < -0.39 is 5.97 Å². The third-order valence-corrected chi connectivity index (χ3v) is 10.7. The van der Waals surface area contributed by atoms with Crippen molar-refractivity contribution in [1.29, 1.82) is 0 Å². The number of aliphatic carboxylic acids is 1. The molecule has 1 atom stereocenters. The minimum Gasteiger partial charge on any atom is -0.481 e. The van der Waals surface area contributed by atoms with Crippen LogP contribution >= 0.6 is 23.2 Å². The van der Waals surface area contributed by atoms with Crippen LogP contribution in [0.2, 0.25) is 10.0 Å². The largest absolute Gasteiger partial charge is 0.481 e. The summed E-state index contributed by atoms with van der Waals surface area (Å²) in [6.07, 6.45) is 10.8. The lowest BCUT2D eigenvalue weighted by Crippen LogP contribution is -2.49. The molecule has 0 radical (unpaired) electrons. The van der Waals surface area contributed by atoms with Gasteiger partial charge in [0.15, 0.2) is 0 Å². The smallest absolute Gasteiger partial charge is 0.303 e. The first-order chi connectivity index (χ1) is 22.0. The second-order valence-corrected chi connectivity index (χ2v) is 15.4. The molecule has 46 heavy (non-hydrogen) atoms. The first kappa shape index (κ1) is 34.7. The monoisotopic (exact) mass is 660 g/mol. The van der Waals surface area contributed by atoms with Crippen LogP contribution in [0, 0.1) is 11.3 Å². The second-order valence-electron chi connectivity index (χ2n) is 14.5. The predicted octanol–water partition coefficient (Wildman–Crippen LogP) is 11.4. The molecule has 1 saturated carbocycles. The molecule has 0 saturated heterocycles. The van der Waals surface area contributed by atoms with Crippen molar-refractivity contribution in [2.75, 3.05) is 6.54 Å². The number of unbranched alkanes of at least 4 members (excludes halogenated alkanes) is 2. The van der Waals surface area contributed by atoms with E-state index in [1.165, 1.54) is 41.7 Å². The van der Waals surface area contributed by atoms with E-state index in [1.54, 1.807) is 6.07 Å². The molecule has 1 aliphatic heterocycles. The van der Waals surface area contributed by atoms with Gasteiger partial charge in [0.2, 0.25) is 0 Å². The maximum Gasteiger partial charge on any atom is 0.303 e. The van der Waals surface area contributed by atoms with Gasteiger partial charge in [-0.15, -0.1) is 0 Å². The molecule has 1 heterocycles. The zero-order valence-corrected chi connectivity index (χ0v) is 29.5. The van der Waals surface area contributed by atoms with Gasteiger partial charge in [0.05, 0.1) is 5.71 Å². The molecule has 4 nitrogen and oxygen atoms in total. The van der Waals surface area contributed by atoms with E-state index >= 15 is 0 Å². The number of hydrogen-bond acceptors (Lipinski definition) is 3. The van der Waals surface area contributed by atoms with Crippen molar-refractivity contribution in [2.24, 2.45) is 16.3 Å². The molecule has 1 aliphatic carbocycles. The molecule has 1 spiro atoms. The van der Waals surface area contributed by atoms with Crippen LogP contribution in [0.5, 0.6) is 0 Å². The molecular formula is C40H50Cl2N2O2. The van der Waals surface area contributed by atoms with E-state index in [-0.39, 0.29) is 12.1 Å². The summed E-state index contributed by atoms with van der Waals surface area (Å²) in [5.74, 6) is -0.00808. The van der Waals surface area contributed by atoms with Crippen molar-refractivity contribution in [3.63, 3.8) is 0 Å². The minimum atomic E-state index is -0.714. The van der Waals surface area contributed by atoms with E-state index in [0.29, 0.717) is 27.4 Å². The van der Waals surface area contributed by atoms with E-state index in [2.05, 4.69) is 81.1 Å². The summed E-state index contributed by atoms with van der Waals surface area (Å²) >= 11 is 12.6. The third-order valence-electron chi connectivity index (χ3n) is 10.3. The molecule has 0 amide bonds. The number of hydrogen-bond donors (Lipinski definition) is 1. The summed E-state index contributed by atoms with van der Waals surface area (Å²) in [7, 11) is 0. The zero-order valence-electron chi connectivity index (χ0n) is 28.0. The summed E-state index contributed by atoms with van der Waals surface area (Å²) in [5.41, 5.74) is 7.23. The standard InChI is InChI=1S/C40H50Cl2N2O2/c1-5-6-10-37(31-14-12-28(13-15-31)9-7-8-11-38(45)46)44-27-36(43-40(44)22-20-33(21-23-40)39(2,3)4)30-18-16-29(17-19-30)32-24-34(41)26-35(42)25-32/h12-19,24-26,33,37H,5-11,20-23,27H2,1-4H3,(H,45,46). The fraction of sp³-hybridized carbons (Fsp3) is 0.500. The quantitative estimate of drug-likeness (QED) is 0.197. The molecule has 3 aromatic carbocycles. The summed E-state index contributed by atoms with van der Waals surface area (Å²) in [6.45, 7) is 10.3. The van der Waals surface area contributed by atoms with E-state index in [9.17, 15) is 4.79 Å². The Hall–Kier alpha value is -2.66. The maximum absolute atomic E-state index is 10.9. The van der Waals surface area contributed by atoms with Crippen LogP contribution in [0.25, 0.3) is 11.1 Å². The lowest BCUT2D eigenvalue weighted by atomic mass is 9.69. The summed E-state index contributed by atoms with van der Waals surface area (Å²) in [6, 6.07) is 23.9. The van der Waals surface area contributed by atoms with Gasteiger partial charge in [-0.1, -0.05) is 112 Å². The minimum absolute atomic E-state index is 0.190. The highest BCUT2D eigenvalue weighted by molar-refractivity contribution is 6.35. The van der Waals surface area contributed by atoms with Gasteiger partial charge >= 0.3 is 5.97 Å². The number of aryl methyl sites for hydroxylation is 1. The average molecular weight is 662 g/mol. The van der Waals surface area contributed by atoms with Crippen molar-refractivity contribution < 1.29 is 9.90 Å². The SMILES string of the molecule is CCCCC(c1ccc(CCCCC(=O)O)cc1)N1CC(c2ccc(-c3cc(Cl)cc(Cl)c3)cc2)=NC12CCC(C(C)(C)C)CC2. The van der Waals surface area contributed by atoms with Crippen molar-refractivity contribution in [1.82, 2.24) is 4.90 Å². The molecular weight excluding hydrogens is 611 g/mol. The van der Waals surface area contributed by atoms with Gasteiger partial charge < -0.3 is 5.11 Å². The van der Waals surface area contributed by atoms with Crippen molar-refractivity contribution in [3.05, 3.63) is 93.5 Å². The topological polar surface area (TPSA) is 52.9 Å². The van der Waals surface area contributed by atoms with Crippen molar-refractivity contribution in [3.8, 4) is 11.1 Å². The lowest BCUT2D eigenvalue weighted by Gasteiger charge is -2.47. The van der Waals surface area contributed by atoms with Gasteiger partial charge in [0.1, 0.15) is 5.66 Å². The van der Waals surface area contributed by atoms with Crippen LogP contribution in [0.15, 0.2) is 71.7 Å². The molecule has 1 fully saturated rings. The zero-order chi connectivity index (χ0) is 32.9. The molecule has 5 rings (SSSR count). The number of aliphatic imine (C=N–C) groups is 1. The number of carbonyl (C=O) groups is 1. The summed E-state index contributed by atoms with van der Waals surface area (Å²) in [5, 5.41) is 10.3.